The highest BCUT2D eigenvalue weighted by molar-refractivity contribution is 9.10. The number of amides is 1. The van der Waals surface area contributed by atoms with E-state index in [9.17, 15) is 27.5 Å². The smallest absolute Gasteiger partial charge is 0.297 e. The second-order valence-electron chi connectivity index (χ2n) is 5.95. The number of nitrogens with zero attached hydrogens (tertiary/aromatic N) is 4. The van der Waals surface area contributed by atoms with Crippen molar-refractivity contribution in [2.45, 2.75) is 31.7 Å². The van der Waals surface area contributed by atoms with Gasteiger partial charge < -0.3 is 9.84 Å². The monoisotopic (exact) mass is 498 g/mol. The van der Waals surface area contributed by atoms with Crippen LogP contribution in [-0.4, -0.2) is 50.1 Å². The molecule has 0 spiro atoms. The fraction of sp³-hybridized carbons (Fsp3) is 0.312. The Bertz CT molecular complexity index is 958. The Balaban J connectivity index is 1.75. The van der Waals surface area contributed by atoms with Gasteiger partial charge in [0.05, 0.1) is 4.47 Å². The Morgan fingerprint density at radius 2 is 2.07 bits per heavy atom. The standard InChI is InChI=1S/C16H12BrClF4N4O3/c17-9-5-8(18)1-2-12(9)29-7-25-4-3-10(23-25)14(27)26-16(28,15(21)22)6-11(24-26)13(19)20/h1-5,13,15,28H,6-7H2. The number of carbonyl (C=O) groups is 1. The average Bonchev–Trinajstić information content (AvgIpc) is 3.26. The molecule has 1 unspecified atom stereocenters. The Morgan fingerprint density at radius 1 is 1.34 bits per heavy atom. The number of hydrogen-bond acceptors (Lipinski definition) is 5. The molecule has 2 heterocycles. The van der Waals surface area contributed by atoms with Crippen LogP contribution in [0.4, 0.5) is 17.6 Å². The lowest BCUT2D eigenvalue weighted by molar-refractivity contribution is -0.164. The second-order valence-corrected chi connectivity index (χ2v) is 7.24. The Labute approximate surface area is 174 Å². The number of rotatable bonds is 6. The van der Waals surface area contributed by atoms with E-state index >= 15 is 0 Å². The molecule has 156 valence electrons. The van der Waals surface area contributed by atoms with Crippen molar-refractivity contribution >= 4 is 39.1 Å². The van der Waals surface area contributed by atoms with Crippen LogP contribution < -0.4 is 4.74 Å². The Kier molecular flexibility index (Phi) is 6.15. The van der Waals surface area contributed by atoms with Crippen LogP contribution >= 0.6 is 27.5 Å². The average molecular weight is 500 g/mol. The number of halogens is 6. The van der Waals surface area contributed by atoms with E-state index in [2.05, 4.69) is 26.1 Å². The molecule has 1 aliphatic rings. The molecule has 29 heavy (non-hydrogen) atoms. The fourth-order valence-corrected chi connectivity index (χ4v) is 3.28. The number of aliphatic hydroxyl groups is 1. The molecule has 3 rings (SSSR count). The minimum absolute atomic E-state index is 0.0531. The molecule has 1 atom stereocenters. The summed E-state index contributed by atoms with van der Waals surface area (Å²) in [7, 11) is 0. The van der Waals surface area contributed by atoms with Crippen molar-refractivity contribution in [1.29, 1.82) is 0 Å². The molecule has 1 aromatic carbocycles. The first kappa shape index (κ1) is 21.5. The van der Waals surface area contributed by atoms with Gasteiger partial charge in [0, 0.05) is 17.6 Å². The first-order chi connectivity index (χ1) is 13.6. The van der Waals surface area contributed by atoms with Crippen LogP contribution in [0.15, 0.2) is 40.0 Å². The second kappa shape index (κ2) is 8.28. The van der Waals surface area contributed by atoms with Gasteiger partial charge in [-0.05, 0) is 40.2 Å². The van der Waals surface area contributed by atoms with Gasteiger partial charge in [-0.1, -0.05) is 11.6 Å². The van der Waals surface area contributed by atoms with E-state index < -0.39 is 36.6 Å². The summed E-state index contributed by atoms with van der Waals surface area (Å²) in [5.41, 5.74) is -4.57. The largest absolute Gasteiger partial charge is 0.470 e. The van der Waals surface area contributed by atoms with Gasteiger partial charge in [0.2, 0.25) is 5.72 Å². The Hall–Kier alpha value is -2.18. The molecule has 1 aliphatic heterocycles. The van der Waals surface area contributed by atoms with Crippen molar-refractivity contribution in [3.8, 4) is 5.75 Å². The predicted octanol–water partition coefficient (Wildman–Crippen LogP) is 3.76. The number of ether oxygens (including phenoxy) is 1. The normalized spacial score (nSPS) is 19.2. The summed E-state index contributed by atoms with van der Waals surface area (Å²) >= 11 is 9.10. The SMILES string of the molecule is O=C(c1ccn(COc2ccc(Cl)cc2Br)n1)N1N=C(C(F)F)CC1(O)C(F)F. The molecule has 0 radical (unpaired) electrons. The van der Waals surface area contributed by atoms with E-state index in [1.165, 1.54) is 10.9 Å². The quantitative estimate of drug-likeness (QED) is 0.614. The van der Waals surface area contributed by atoms with Crippen molar-refractivity contribution < 1.29 is 32.2 Å². The van der Waals surface area contributed by atoms with Gasteiger partial charge in [0.25, 0.3) is 18.8 Å². The number of alkyl halides is 4. The molecular formula is C16H12BrClF4N4O3. The number of hydrogen-bond donors (Lipinski definition) is 1. The molecule has 7 nitrogen and oxygen atoms in total. The van der Waals surface area contributed by atoms with Gasteiger partial charge in [0.1, 0.15) is 11.5 Å². The minimum atomic E-state index is -3.51. The molecule has 0 saturated carbocycles. The first-order valence-corrected chi connectivity index (χ1v) is 9.11. The highest BCUT2D eigenvalue weighted by atomic mass is 79.9. The molecule has 0 aliphatic carbocycles. The van der Waals surface area contributed by atoms with Crippen molar-refractivity contribution in [3.05, 3.63) is 45.7 Å². The molecule has 0 bridgehead atoms. The van der Waals surface area contributed by atoms with E-state index in [4.69, 9.17) is 16.3 Å². The molecule has 1 N–H and O–H groups in total. The van der Waals surface area contributed by atoms with Crippen molar-refractivity contribution in [1.82, 2.24) is 14.8 Å². The lowest BCUT2D eigenvalue weighted by atomic mass is 10.1. The Morgan fingerprint density at radius 3 is 2.69 bits per heavy atom. The van der Waals surface area contributed by atoms with Gasteiger partial charge in [-0.15, -0.1) is 0 Å². The van der Waals surface area contributed by atoms with E-state index in [1.54, 1.807) is 18.2 Å². The molecule has 13 heteroatoms. The molecule has 0 saturated heterocycles. The molecule has 2 aromatic rings. The van der Waals surface area contributed by atoms with Crippen LogP contribution in [0.5, 0.6) is 5.75 Å². The maximum Gasteiger partial charge on any atom is 0.297 e. The summed E-state index contributed by atoms with van der Waals surface area (Å²) in [6.45, 7) is -0.155. The van der Waals surface area contributed by atoms with Gasteiger partial charge >= 0.3 is 0 Å². The summed E-state index contributed by atoms with van der Waals surface area (Å²) in [5, 5.41) is 17.5. The van der Waals surface area contributed by atoms with Crippen LogP contribution in [0.3, 0.4) is 0 Å². The maximum atomic E-state index is 13.2. The summed E-state index contributed by atoms with van der Waals surface area (Å²) < 4.78 is 59.4. The van der Waals surface area contributed by atoms with Crippen LogP contribution in [0.25, 0.3) is 0 Å². The number of aromatic nitrogens is 2. The van der Waals surface area contributed by atoms with Gasteiger partial charge in [-0.3, -0.25) is 4.79 Å². The van der Waals surface area contributed by atoms with Crippen LogP contribution in [0.2, 0.25) is 5.02 Å². The van der Waals surface area contributed by atoms with E-state index in [1.807, 2.05) is 0 Å². The molecule has 1 amide bonds. The lowest BCUT2D eigenvalue weighted by Crippen LogP contribution is -2.51. The molecular weight excluding hydrogens is 488 g/mol. The van der Waals surface area contributed by atoms with E-state index in [0.717, 1.165) is 6.07 Å². The zero-order chi connectivity index (χ0) is 21.3. The third-order valence-corrected chi connectivity index (χ3v) is 4.79. The van der Waals surface area contributed by atoms with Gasteiger partial charge in [0.15, 0.2) is 12.4 Å². The maximum absolute atomic E-state index is 13.2. The third-order valence-electron chi connectivity index (χ3n) is 3.94. The van der Waals surface area contributed by atoms with Gasteiger partial charge in [-0.2, -0.15) is 15.2 Å². The van der Waals surface area contributed by atoms with Crippen LogP contribution in [0, 0.1) is 0 Å². The summed E-state index contributed by atoms with van der Waals surface area (Å²) in [6.07, 6.45) is -6.56. The lowest BCUT2D eigenvalue weighted by Gasteiger charge is -2.29. The third kappa shape index (κ3) is 4.38. The number of benzene rings is 1. The molecule has 0 fully saturated rings. The minimum Gasteiger partial charge on any atom is -0.470 e. The van der Waals surface area contributed by atoms with Crippen LogP contribution in [-0.2, 0) is 6.73 Å². The van der Waals surface area contributed by atoms with Crippen molar-refractivity contribution in [2.24, 2.45) is 5.10 Å². The molecule has 1 aromatic heterocycles. The van der Waals surface area contributed by atoms with E-state index in [0.29, 0.717) is 15.2 Å². The van der Waals surface area contributed by atoms with Gasteiger partial charge in [-0.25, -0.2) is 22.2 Å². The summed E-state index contributed by atoms with van der Waals surface area (Å²) in [6, 6.07) is 5.95. The topological polar surface area (TPSA) is 80.0 Å². The fourth-order valence-electron chi connectivity index (χ4n) is 2.49. The first-order valence-electron chi connectivity index (χ1n) is 7.93. The van der Waals surface area contributed by atoms with Crippen molar-refractivity contribution in [2.75, 3.05) is 0 Å². The van der Waals surface area contributed by atoms with Crippen molar-refractivity contribution in [3.63, 3.8) is 0 Å². The highest BCUT2D eigenvalue weighted by Gasteiger charge is 2.53. The zero-order valence-electron chi connectivity index (χ0n) is 14.3. The van der Waals surface area contributed by atoms with Crippen LogP contribution in [0.1, 0.15) is 16.9 Å². The summed E-state index contributed by atoms with van der Waals surface area (Å²) in [4.78, 5) is 12.5. The zero-order valence-corrected chi connectivity index (χ0v) is 16.6. The van der Waals surface area contributed by atoms with E-state index in [-0.39, 0.29) is 17.4 Å². The number of carbonyl (C=O) groups excluding carboxylic acids is 1. The highest BCUT2D eigenvalue weighted by Crippen LogP contribution is 2.34. The number of hydrazone groups is 1. The predicted molar refractivity (Wildman–Crippen MR) is 97.2 cm³/mol. The summed E-state index contributed by atoms with van der Waals surface area (Å²) in [5.74, 6) is -0.828.